The van der Waals surface area contributed by atoms with E-state index in [1.54, 1.807) is 13.8 Å². The lowest BCUT2D eigenvalue weighted by Crippen LogP contribution is -2.28. The van der Waals surface area contributed by atoms with Crippen LogP contribution in [-0.2, 0) is 16.1 Å². The first kappa shape index (κ1) is 18.2. The number of rotatable bonds is 5. The van der Waals surface area contributed by atoms with Gasteiger partial charge < -0.3 is 4.74 Å². The van der Waals surface area contributed by atoms with Gasteiger partial charge in [-0.25, -0.2) is 0 Å². The summed E-state index contributed by atoms with van der Waals surface area (Å²) in [6.07, 6.45) is 3.77. The summed E-state index contributed by atoms with van der Waals surface area (Å²) in [6, 6.07) is 0. The molecule has 1 aliphatic rings. The van der Waals surface area contributed by atoms with Crippen molar-refractivity contribution in [2.45, 2.75) is 66.5 Å². The van der Waals surface area contributed by atoms with Crippen molar-refractivity contribution >= 4 is 11.7 Å². The molecular formula is C17H25N3O4. The predicted molar refractivity (Wildman–Crippen MR) is 89.6 cm³/mol. The van der Waals surface area contributed by atoms with Gasteiger partial charge in [0.05, 0.1) is 17.9 Å². The molecular weight excluding hydrogens is 310 g/mol. The van der Waals surface area contributed by atoms with Crippen molar-refractivity contribution in [3.63, 3.8) is 0 Å². The van der Waals surface area contributed by atoms with E-state index in [-0.39, 0.29) is 36.1 Å². The second-order valence-electron chi connectivity index (χ2n) is 7.34. The molecule has 0 saturated carbocycles. The van der Waals surface area contributed by atoms with Gasteiger partial charge in [0.15, 0.2) is 0 Å². The average molecular weight is 335 g/mol. The Morgan fingerprint density at radius 3 is 2.67 bits per heavy atom. The van der Waals surface area contributed by atoms with Gasteiger partial charge in [-0.2, -0.15) is 5.10 Å². The lowest BCUT2D eigenvalue weighted by Gasteiger charge is -2.33. The number of carbonyl (C=O) groups excluding carboxylic acids is 1. The normalized spacial score (nSPS) is 19.7. The molecule has 0 aliphatic heterocycles. The van der Waals surface area contributed by atoms with Gasteiger partial charge in [0.1, 0.15) is 17.5 Å². The molecule has 0 saturated heterocycles. The number of aryl methyl sites for hydroxylation is 2. The minimum absolute atomic E-state index is 0.0101. The van der Waals surface area contributed by atoms with E-state index >= 15 is 0 Å². The standard InChI is InChI=1S/C17H25N3O4/c1-11-8-14(10-17(4,5)9-11)24-15(21)6-7-19-13(3)16(20(22)23)12(2)18-19/h8,14H,6-7,9-10H2,1-5H3/t14-/m0/s1. The molecule has 1 atom stereocenters. The zero-order chi connectivity index (χ0) is 18.1. The Kier molecular flexibility index (Phi) is 5.11. The van der Waals surface area contributed by atoms with Crippen LogP contribution in [0.5, 0.6) is 0 Å². The lowest BCUT2D eigenvalue weighted by atomic mass is 9.76. The van der Waals surface area contributed by atoms with E-state index < -0.39 is 4.92 Å². The first-order valence-electron chi connectivity index (χ1n) is 8.14. The van der Waals surface area contributed by atoms with Gasteiger partial charge in [-0.15, -0.1) is 0 Å². The monoisotopic (exact) mass is 335 g/mol. The van der Waals surface area contributed by atoms with Crippen molar-refractivity contribution in [1.82, 2.24) is 9.78 Å². The number of allylic oxidation sites excluding steroid dienone is 1. The number of esters is 1. The summed E-state index contributed by atoms with van der Waals surface area (Å²) < 4.78 is 7.05. The summed E-state index contributed by atoms with van der Waals surface area (Å²) in [5.74, 6) is -0.308. The molecule has 0 amide bonds. The molecule has 1 aromatic rings. The van der Waals surface area contributed by atoms with E-state index in [9.17, 15) is 14.9 Å². The van der Waals surface area contributed by atoms with Gasteiger partial charge in [-0.1, -0.05) is 19.4 Å². The first-order chi connectivity index (χ1) is 11.1. The number of aromatic nitrogens is 2. The summed E-state index contributed by atoms with van der Waals surface area (Å²) in [7, 11) is 0. The smallest absolute Gasteiger partial charge is 0.312 e. The fraction of sp³-hybridized carbons (Fsp3) is 0.647. The summed E-state index contributed by atoms with van der Waals surface area (Å²) >= 11 is 0. The van der Waals surface area contributed by atoms with Gasteiger partial charge in [0, 0.05) is 0 Å². The molecule has 1 heterocycles. The van der Waals surface area contributed by atoms with Gasteiger partial charge in [0.2, 0.25) is 0 Å². The molecule has 0 spiro atoms. The van der Waals surface area contributed by atoms with Gasteiger partial charge in [-0.3, -0.25) is 19.6 Å². The minimum atomic E-state index is -0.440. The van der Waals surface area contributed by atoms with Crippen LogP contribution in [-0.4, -0.2) is 26.8 Å². The van der Waals surface area contributed by atoms with Crippen LogP contribution in [0.2, 0.25) is 0 Å². The van der Waals surface area contributed by atoms with Crippen LogP contribution in [0.15, 0.2) is 11.6 Å². The zero-order valence-corrected chi connectivity index (χ0v) is 15.0. The van der Waals surface area contributed by atoms with Crippen LogP contribution in [0.4, 0.5) is 5.69 Å². The van der Waals surface area contributed by atoms with E-state index in [1.807, 2.05) is 6.08 Å². The Balaban J connectivity index is 1.96. The van der Waals surface area contributed by atoms with Gasteiger partial charge >= 0.3 is 11.7 Å². The Labute approximate surface area is 141 Å². The van der Waals surface area contributed by atoms with E-state index in [2.05, 4.69) is 25.9 Å². The van der Waals surface area contributed by atoms with Crippen molar-refractivity contribution in [2.75, 3.05) is 0 Å². The fourth-order valence-corrected chi connectivity index (χ4v) is 3.48. The molecule has 0 radical (unpaired) electrons. The zero-order valence-electron chi connectivity index (χ0n) is 15.0. The number of carbonyl (C=O) groups is 1. The van der Waals surface area contributed by atoms with E-state index in [0.29, 0.717) is 11.4 Å². The molecule has 2 rings (SSSR count). The quantitative estimate of drug-likeness (QED) is 0.356. The molecule has 1 aliphatic carbocycles. The van der Waals surface area contributed by atoms with E-state index in [1.165, 1.54) is 10.3 Å². The third-order valence-corrected chi connectivity index (χ3v) is 4.32. The number of nitro groups is 1. The summed E-state index contributed by atoms with van der Waals surface area (Å²) in [4.78, 5) is 22.7. The van der Waals surface area contributed by atoms with Crippen LogP contribution in [0.25, 0.3) is 0 Å². The Hall–Kier alpha value is -2.18. The highest BCUT2D eigenvalue weighted by Gasteiger charge is 2.29. The van der Waals surface area contributed by atoms with Gasteiger partial charge in [0.25, 0.3) is 0 Å². The van der Waals surface area contributed by atoms with Crippen LogP contribution < -0.4 is 0 Å². The highest BCUT2D eigenvalue weighted by molar-refractivity contribution is 5.69. The van der Waals surface area contributed by atoms with Crippen molar-refractivity contribution in [3.05, 3.63) is 33.2 Å². The number of hydrogen-bond acceptors (Lipinski definition) is 5. The second kappa shape index (κ2) is 6.75. The van der Waals surface area contributed by atoms with Crippen molar-refractivity contribution < 1.29 is 14.5 Å². The van der Waals surface area contributed by atoms with Crippen molar-refractivity contribution in [3.8, 4) is 0 Å². The Bertz CT molecular complexity index is 688. The third kappa shape index (κ3) is 4.21. The largest absolute Gasteiger partial charge is 0.458 e. The van der Waals surface area contributed by atoms with Crippen LogP contribution in [0.1, 0.15) is 51.4 Å². The van der Waals surface area contributed by atoms with Crippen LogP contribution in [0, 0.1) is 29.4 Å². The third-order valence-electron chi connectivity index (χ3n) is 4.32. The number of nitrogens with zero attached hydrogens (tertiary/aromatic N) is 3. The van der Waals surface area contributed by atoms with E-state index in [0.717, 1.165) is 12.8 Å². The van der Waals surface area contributed by atoms with Crippen molar-refractivity contribution in [2.24, 2.45) is 5.41 Å². The first-order valence-corrected chi connectivity index (χ1v) is 8.14. The summed E-state index contributed by atoms with van der Waals surface area (Å²) in [5, 5.41) is 15.1. The molecule has 0 bridgehead atoms. The molecule has 0 fully saturated rings. The maximum Gasteiger partial charge on any atom is 0.312 e. The second-order valence-corrected chi connectivity index (χ2v) is 7.34. The molecule has 7 nitrogen and oxygen atoms in total. The van der Waals surface area contributed by atoms with E-state index in [4.69, 9.17) is 4.74 Å². The average Bonchev–Trinajstić information content (AvgIpc) is 2.68. The van der Waals surface area contributed by atoms with Crippen LogP contribution in [0.3, 0.4) is 0 Å². The molecule has 7 heteroatoms. The Morgan fingerprint density at radius 1 is 1.46 bits per heavy atom. The topological polar surface area (TPSA) is 87.3 Å². The summed E-state index contributed by atoms with van der Waals surface area (Å²) in [5.41, 5.74) is 2.19. The molecule has 0 aromatic carbocycles. The van der Waals surface area contributed by atoms with Crippen molar-refractivity contribution in [1.29, 1.82) is 0 Å². The molecule has 132 valence electrons. The maximum absolute atomic E-state index is 12.1. The highest BCUT2D eigenvalue weighted by atomic mass is 16.6. The maximum atomic E-state index is 12.1. The predicted octanol–water partition coefficient (Wildman–Crippen LogP) is 3.48. The lowest BCUT2D eigenvalue weighted by molar-refractivity contribution is -0.386. The van der Waals surface area contributed by atoms with Gasteiger partial charge in [-0.05, 0) is 45.1 Å². The molecule has 0 N–H and O–H groups in total. The molecule has 0 unspecified atom stereocenters. The molecule has 1 aromatic heterocycles. The number of ether oxygens (including phenoxy) is 1. The molecule has 24 heavy (non-hydrogen) atoms. The minimum Gasteiger partial charge on any atom is -0.458 e. The van der Waals surface area contributed by atoms with Crippen LogP contribution >= 0.6 is 0 Å². The summed E-state index contributed by atoms with van der Waals surface area (Å²) in [6.45, 7) is 9.89. The fourth-order valence-electron chi connectivity index (χ4n) is 3.48. The number of hydrogen-bond donors (Lipinski definition) is 0. The highest BCUT2D eigenvalue weighted by Crippen LogP contribution is 2.36. The SMILES string of the molecule is CC1=C[C@H](OC(=O)CCn2nc(C)c([N+](=O)[O-])c2C)CC(C)(C)C1. The Morgan fingerprint density at radius 2 is 2.12 bits per heavy atom.